The Bertz CT molecular complexity index is 4350. The Morgan fingerprint density at radius 1 is 0.495 bits per heavy atom. The summed E-state index contributed by atoms with van der Waals surface area (Å²) in [4.78, 5) is 73.7. The number of esters is 1. The van der Waals surface area contributed by atoms with Crippen LogP contribution in [-0.4, -0.2) is 92.0 Å². The first-order chi connectivity index (χ1) is 47.5. The van der Waals surface area contributed by atoms with Gasteiger partial charge in [-0.2, -0.15) is 0 Å². The first-order valence-corrected chi connectivity index (χ1v) is 39.1. The maximum absolute atomic E-state index is 12.7. The number of pyridine rings is 5. The molecule has 10 aromatic rings. The van der Waals surface area contributed by atoms with Gasteiger partial charge in [0.15, 0.2) is 17.9 Å². The lowest BCUT2D eigenvalue weighted by Crippen LogP contribution is -2.17. The van der Waals surface area contributed by atoms with E-state index in [9.17, 15) is 19.2 Å². The van der Waals surface area contributed by atoms with Crippen molar-refractivity contribution in [3.8, 4) is 0 Å². The van der Waals surface area contributed by atoms with E-state index >= 15 is 0 Å². The number of ether oxygens (including phenoxy) is 3. The minimum atomic E-state index is -0.305. The lowest BCUT2D eigenvalue weighted by atomic mass is 9.96. The second-order valence-corrected chi connectivity index (χ2v) is 32.7. The highest BCUT2D eigenvalue weighted by Gasteiger charge is 2.29. The van der Waals surface area contributed by atoms with E-state index in [0.29, 0.717) is 100 Å². The van der Waals surface area contributed by atoms with Crippen LogP contribution in [0.15, 0.2) is 96.1 Å². The van der Waals surface area contributed by atoms with Crippen molar-refractivity contribution in [1.29, 1.82) is 0 Å². The molecule has 2 N–H and O–H groups in total. The zero-order chi connectivity index (χ0) is 71.6. The van der Waals surface area contributed by atoms with Gasteiger partial charge in [-0.15, -0.1) is 56.7 Å². The molecule has 2 atom stereocenters. The van der Waals surface area contributed by atoms with Gasteiger partial charge in [-0.3, -0.25) is 14.4 Å². The average molecular weight is 1680 g/mol. The van der Waals surface area contributed by atoms with Gasteiger partial charge in [0.25, 0.3) is 0 Å². The molecule has 0 amide bonds. The van der Waals surface area contributed by atoms with Gasteiger partial charge in [0.2, 0.25) is 0 Å². The molecular formula is C70H63BrCl9N5O9S5. The first kappa shape index (κ1) is 80.3. The van der Waals surface area contributed by atoms with Crippen LogP contribution in [0.2, 0.25) is 43.1 Å². The molecule has 3 aliphatic heterocycles. The summed E-state index contributed by atoms with van der Waals surface area (Å²) in [5.74, 6) is -0.537. The van der Waals surface area contributed by atoms with Gasteiger partial charge >= 0.3 is 5.97 Å². The molecule has 0 saturated heterocycles. The largest absolute Gasteiger partial charge is 0.462 e. The third-order valence-electron chi connectivity index (χ3n) is 15.3. The van der Waals surface area contributed by atoms with Gasteiger partial charge in [-0.1, -0.05) is 132 Å². The number of aliphatic hydroxyl groups excluding tert-OH is 2. The predicted molar refractivity (Wildman–Crippen MR) is 409 cm³/mol. The van der Waals surface area contributed by atoms with Crippen LogP contribution in [0, 0.1) is 6.92 Å². The SMILES string of the molecule is CCc1cc(Br)c(Cl)s1.CCc1cc(C(=O)c2cc(Cl)ncc2CCO)c(C)s1.CCc1cc(C(=O)c2cc(Cl)ncc2CCO)c(Cl)s1.CCc1cc(C2OCCc3cnc(Cl)cc32)c(Cl)s1.O=C1OCCc2cnc(Cl)cc21.O=Cc1cc(C2OCCc3cnc(Cl)cc32)c(Cl)s1. The lowest BCUT2D eigenvalue weighted by molar-refractivity contribution is 0.0479. The Balaban J connectivity index is 0.000000154. The normalized spacial score (nSPS) is 14.1. The van der Waals surface area contributed by atoms with Crippen LogP contribution in [0.1, 0.15) is 166 Å². The maximum atomic E-state index is 12.7. The molecule has 3 aliphatic rings. The van der Waals surface area contributed by atoms with Crippen LogP contribution in [0.3, 0.4) is 0 Å². The molecule has 0 fully saturated rings. The molecule has 13 heterocycles. The van der Waals surface area contributed by atoms with Crippen LogP contribution in [0.4, 0.5) is 0 Å². The molecule has 13 rings (SSSR count). The van der Waals surface area contributed by atoms with Gasteiger partial charge in [0.1, 0.15) is 46.6 Å². The number of halogens is 10. The van der Waals surface area contributed by atoms with E-state index in [1.807, 2.05) is 38.2 Å². The zero-order valence-electron chi connectivity index (χ0n) is 53.6. The molecule has 0 aromatic carbocycles. The quantitative estimate of drug-likeness (QED) is 0.0425. The van der Waals surface area contributed by atoms with E-state index in [4.69, 9.17) is 129 Å². The Kier molecular flexibility index (Phi) is 31.6. The van der Waals surface area contributed by atoms with Crippen LogP contribution >= 0.6 is 177 Å². The van der Waals surface area contributed by atoms with E-state index in [0.717, 1.165) is 113 Å². The molecule has 0 radical (unpaired) electrons. The number of aliphatic hydroxyl groups is 2. The van der Waals surface area contributed by atoms with Gasteiger partial charge in [0.05, 0.1) is 44.5 Å². The van der Waals surface area contributed by atoms with Crippen molar-refractivity contribution in [2.24, 2.45) is 0 Å². The van der Waals surface area contributed by atoms with Crippen LogP contribution in [-0.2, 0) is 72.0 Å². The lowest BCUT2D eigenvalue weighted by Gasteiger charge is -2.25. The van der Waals surface area contributed by atoms with Gasteiger partial charge in [0, 0.05) is 107 Å². The summed E-state index contributed by atoms with van der Waals surface area (Å²) in [6.45, 7) is 11.9. The number of rotatable bonds is 15. The Hall–Kier alpha value is -4.34. The summed E-state index contributed by atoms with van der Waals surface area (Å²) >= 11 is 64.7. The van der Waals surface area contributed by atoms with E-state index in [-0.39, 0.29) is 48.1 Å². The minimum Gasteiger partial charge on any atom is -0.462 e. The monoisotopic (exact) mass is 1670 g/mol. The predicted octanol–water partition coefficient (Wildman–Crippen LogP) is 21.0. The number of aldehydes is 1. The molecule has 2 unspecified atom stereocenters. The zero-order valence-corrected chi connectivity index (χ0v) is 66.1. The molecule has 0 saturated carbocycles. The summed E-state index contributed by atoms with van der Waals surface area (Å²) in [5.41, 5.74) is 11.3. The molecule has 10 aromatic heterocycles. The van der Waals surface area contributed by atoms with Crippen LogP contribution < -0.4 is 0 Å². The molecule has 0 spiro atoms. The number of fused-ring (bicyclic) bond motifs is 3. The highest BCUT2D eigenvalue weighted by Crippen LogP contribution is 2.43. The van der Waals surface area contributed by atoms with Crippen molar-refractivity contribution < 1.29 is 43.6 Å². The molecule has 0 aliphatic carbocycles. The number of thiophene rings is 5. The van der Waals surface area contributed by atoms with E-state index in [1.165, 1.54) is 55.1 Å². The van der Waals surface area contributed by atoms with Crippen LogP contribution in [0.5, 0.6) is 0 Å². The molecule has 99 heavy (non-hydrogen) atoms. The Morgan fingerprint density at radius 3 is 1.38 bits per heavy atom. The minimum absolute atomic E-state index is 0.0214. The summed E-state index contributed by atoms with van der Waals surface area (Å²) in [5, 5.41) is 19.9. The fourth-order valence-electron chi connectivity index (χ4n) is 10.2. The summed E-state index contributed by atoms with van der Waals surface area (Å²) < 4.78 is 20.3. The number of hydrogen-bond donors (Lipinski definition) is 2. The summed E-state index contributed by atoms with van der Waals surface area (Å²) in [7, 11) is 0. The molecule has 14 nitrogen and oxygen atoms in total. The molecule has 29 heteroatoms. The van der Waals surface area contributed by atoms with Gasteiger partial charge in [-0.05, 0) is 174 Å². The second-order valence-electron chi connectivity index (χ2n) is 21.7. The van der Waals surface area contributed by atoms with E-state index in [1.54, 1.807) is 76.9 Å². The second kappa shape index (κ2) is 39.0. The fourth-order valence-corrected chi connectivity index (χ4v) is 17.5. The number of carbonyl (C=O) groups is 4. The fraction of sp³-hybridized carbons (Fsp3) is 0.300. The van der Waals surface area contributed by atoms with Crippen molar-refractivity contribution >= 4 is 201 Å². The molecule has 522 valence electrons. The molecule has 0 bridgehead atoms. The van der Waals surface area contributed by atoms with Crippen molar-refractivity contribution in [3.63, 3.8) is 0 Å². The van der Waals surface area contributed by atoms with Crippen molar-refractivity contribution in [3.05, 3.63) is 246 Å². The standard InChI is InChI=1S/C15H16ClNO2S.C14H13Cl2NO2S.C14H13Cl2NOS.C13H9Cl2NO2S.C8H6ClNO2.C6H6BrClS/c1-3-11-6-12(9(2)20-11)15(19)13-7-14(16)17-8-10(13)4-5-18;1-2-9-5-11(14(16)20-9)13(19)10-6-12(15)17-7-8(10)3-4-18;1-2-9-5-11(14(16)19-9)13-10-6-12(15)17-7-8(10)3-4-18-13;14-11-4-9-7(5-16-11)1-2-18-12(9)10-3-8(6-17)19-13(10)15;9-7-3-6-5(4-10-7)1-2-12-8(6)11;1-2-4-3-5(7)6(8)9-4/h6-8,18H,3-5H2,1-2H3;5-7,18H,2-4H2,1H3;5-7,13H,2-4H2,1H3;3-6,12H,1-2H2;3-4H,1-2H2;3H,2H2,1H3. The van der Waals surface area contributed by atoms with Crippen LogP contribution in [0.25, 0.3) is 0 Å². The van der Waals surface area contributed by atoms with Crippen molar-refractivity contribution in [2.75, 3.05) is 33.0 Å². The number of ketones is 2. The Morgan fingerprint density at radius 2 is 0.919 bits per heavy atom. The highest BCUT2D eigenvalue weighted by atomic mass is 79.9. The number of nitrogens with zero attached hydrogens (tertiary/aromatic N) is 5. The maximum Gasteiger partial charge on any atom is 0.338 e. The average Bonchev–Trinajstić information content (AvgIpc) is 1.77. The first-order valence-electron chi connectivity index (χ1n) is 30.8. The Labute approximate surface area is 647 Å². The number of aromatic nitrogens is 5. The summed E-state index contributed by atoms with van der Waals surface area (Å²) in [6.07, 6.45) is 15.7. The van der Waals surface area contributed by atoms with E-state index < -0.39 is 0 Å². The van der Waals surface area contributed by atoms with Crippen molar-refractivity contribution in [1.82, 2.24) is 24.9 Å². The third-order valence-corrected chi connectivity index (χ3v) is 24.5. The summed E-state index contributed by atoms with van der Waals surface area (Å²) in [6, 6.07) is 18.1. The topological polar surface area (TPSA) is 201 Å². The van der Waals surface area contributed by atoms with Gasteiger partial charge < -0.3 is 24.4 Å². The van der Waals surface area contributed by atoms with Crippen molar-refractivity contribution in [2.45, 2.75) is 105 Å². The molecular weight excluding hydrogens is 1610 g/mol. The number of cyclic esters (lactones) is 1. The van der Waals surface area contributed by atoms with Gasteiger partial charge in [-0.25, -0.2) is 29.7 Å². The third kappa shape index (κ3) is 21.6. The highest BCUT2D eigenvalue weighted by molar-refractivity contribution is 9.10. The number of aryl methyl sites for hydroxylation is 5. The smallest absolute Gasteiger partial charge is 0.338 e. The van der Waals surface area contributed by atoms with E-state index in [2.05, 4.69) is 73.8 Å². The number of hydrogen-bond acceptors (Lipinski definition) is 19. The number of carbonyl (C=O) groups excluding carboxylic acids is 4.